The molecule has 0 radical (unpaired) electrons. The highest BCUT2D eigenvalue weighted by Gasteiger charge is 2.26. The molecule has 5 heteroatoms. The van der Waals surface area contributed by atoms with Gasteiger partial charge in [-0.15, -0.1) is 0 Å². The SMILES string of the molecule is CCCCCCCCCCCOC(=O)C(NC(=O)c1ccc(F)cc1)C(C)C. The molecule has 28 heavy (non-hydrogen) atoms. The summed E-state index contributed by atoms with van der Waals surface area (Å²) in [5.74, 6) is -1.32. The lowest BCUT2D eigenvalue weighted by atomic mass is 10.0. The fourth-order valence-electron chi connectivity index (χ4n) is 3.00. The van der Waals surface area contributed by atoms with Crippen LogP contribution in [0, 0.1) is 11.7 Å². The molecule has 0 saturated heterocycles. The molecule has 0 fully saturated rings. The van der Waals surface area contributed by atoms with Crippen molar-refractivity contribution >= 4 is 11.9 Å². The summed E-state index contributed by atoms with van der Waals surface area (Å²) in [4.78, 5) is 24.6. The molecular formula is C23H36FNO3. The van der Waals surface area contributed by atoms with E-state index in [9.17, 15) is 14.0 Å². The molecule has 4 nitrogen and oxygen atoms in total. The molecule has 0 aliphatic heterocycles. The molecule has 1 aromatic carbocycles. The van der Waals surface area contributed by atoms with Crippen molar-refractivity contribution in [2.75, 3.05) is 6.61 Å². The monoisotopic (exact) mass is 393 g/mol. The van der Waals surface area contributed by atoms with Gasteiger partial charge in [-0.2, -0.15) is 0 Å². The van der Waals surface area contributed by atoms with Gasteiger partial charge in [0, 0.05) is 5.56 Å². The second kappa shape index (κ2) is 14.1. The number of benzene rings is 1. The maximum Gasteiger partial charge on any atom is 0.328 e. The molecule has 158 valence electrons. The van der Waals surface area contributed by atoms with E-state index >= 15 is 0 Å². The summed E-state index contributed by atoms with van der Waals surface area (Å²) >= 11 is 0. The van der Waals surface area contributed by atoms with Gasteiger partial charge >= 0.3 is 5.97 Å². The number of rotatable bonds is 14. The number of hydrogen-bond donors (Lipinski definition) is 1. The van der Waals surface area contributed by atoms with Gasteiger partial charge in [0.15, 0.2) is 0 Å². The highest BCUT2D eigenvalue weighted by molar-refractivity contribution is 5.96. The van der Waals surface area contributed by atoms with Crippen LogP contribution in [0.2, 0.25) is 0 Å². The Kier molecular flexibility index (Phi) is 12.2. The summed E-state index contributed by atoms with van der Waals surface area (Å²) in [5.41, 5.74) is 0.318. The largest absolute Gasteiger partial charge is 0.464 e. The average Bonchev–Trinajstić information content (AvgIpc) is 2.67. The smallest absolute Gasteiger partial charge is 0.328 e. The Bertz CT molecular complexity index is 572. The van der Waals surface area contributed by atoms with E-state index in [0.717, 1.165) is 12.8 Å². The lowest BCUT2D eigenvalue weighted by Gasteiger charge is -2.21. The second-order valence-electron chi connectivity index (χ2n) is 7.70. The predicted molar refractivity (Wildman–Crippen MR) is 111 cm³/mol. The third-order valence-corrected chi connectivity index (χ3v) is 4.81. The van der Waals surface area contributed by atoms with Crippen LogP contribution in [0.5, 0.6) is 0 Å². The van der Waals surface area contributed by atoms with Crippen molar-refractivity contribution in [3.63, 3.8) is 0 Å². The lowest BCUT2D eigenvalue weighted by Crippen LogP contribution is -2.45. The van der Waals surface area contributed by atoms with Gasteiger partial charge in [-0.05, 0) is 36.6 Å². The molecule has 1 amide bonds. The molecule has 0 saturated carbocycles. The second-order valence-corrected chi connectivity index (χ2v) is 7.70. The number of ether oxygens (including phenoxy) is 1. The summed E-state index contributed by atoms with van der Waals surface area (Å²) in [6.45, 7) is 6.31. The summed E-state index contributed by atoms with van der Waals surface area (Å²) in [6, 6.07) is 4.53. The van der Waals surface area contributed by atoms with E-state index in [1.165, 1.54) is 69.2 Å². The quantitative estimate of drug-likeness (QED) is 0.328. The summed E-state index contributed by atoms with van der Waals surface area (Å²) in [6.07, 6.45) is 10.8. The fraction of sp³-hybridized carbons (Fsp3) is 0.652. The van der Waals surface area contributed by atoms with Gasteiger partial charge in [-0.1, -0.05) is 72.1 Å². The van der Waals surface area contributed by atoms with Crippen LogP contribution >= 0.6 is 0 Å². The molecule has 1 aromatic rings. The zero-order valence-corrected chi connectivity index (χ0v) is 17.6. The van der Waals surface area contributed by atoms with Crippen LogP contribution in [-0.4, -0.2) is 24.5 Å². The molecule has 0 bridgehead atoms. The molecule has 1 rings (SSSR count). The van der Waals surface area contributed by atoms with Crippen molar-refractivity contribution in [3.8, 4) is 0 Å². The Morgan fingerprint density at radius 1 is 0.929 bits per heavy atom. The van der Waals surface area contributed by atoms with Crippen LogP contribution in [0.25, 0.3) is 0 Å². The molecule has 1 N–H and O–H groups in total. The predicted octanol–water partition coefficient (Wildman–Crippen LogP) is 5.65. The fourth-order valence-corrected chi connectivity index (χ4v) is 3.00. The summed E-state index contributed by atoms with van der Waals surface area (Å²) in [7, 11) is 0. The Balaban J connectivity index is 2.27. The zero-order valence-electron chi connectivity index (χ0n) is 17.6. The maximum absolute atomic E-state index is 13.0. The first-order valence-corrected chi connectivity index (χ1v) is 10.7. The molecule has 0 spiro atoms. The maximum atomic E-state index is 13.0. The highest BCUT2D eigenvalue weighted by Crippen LogP contribution is 2.11. The number of carbonyl (C=O) groups excluding carboxylic acids is 2. The average molecular weight is 394 g/mol. The number of carbonyl (C=O) groups is 2. The van der Waals surface area contributed by atoms with Gasteiger partial charge in [0.2, 0.25) is 0 Å². The van der Waals surface area contributed by atoms with Crippen LogP contribution in [0.3, 0.4) is 0 Å². The third-order valence-electron chi connectivity index (χ3n) is 4.81. The van der Waals surface area contributed by atoms with Crippen molar-refractivity contribution in [2.45, 2.75) is 84.6 Å². The molecule has 0 aliphatic carbocycles. The standard InChI is InChI=1S/C23H36FNO3/c1-4-5-6-7-8-9-10-11-12-17-28-23(27)21(18(2)3)25-22(26)19-13-15-20(24)16-14-19/h13-16,18,21H,4-12,17H2,1-3H3,(H,25,26). The first kappa shape index (κ1) is 24.1. The number of esters is 1. The van der Waals surface area contributed by atoms with E-state index in [1.807, 2.05) is 13.8 Å². The minimum Gasteiger partial charge on any atom is -0.464 e. The van der Waals surface area contributed by atoms with Gasteiger partial charge in [0.1, 0.15) is 11.9 Å². The van der Waals surface area contributed by atoms with Crippen LogP contribution in [0.4, 0.5) is 4.39 Å². The van der Waals surface area contributed by atoms with Gasteiger partial charge < -0.3 is 10.1 Å². The first-order chi connectivity index (χ1) is 13.5. The molecule has 0 heterocycles. The first-order valence-electron chi connectivity index (χ1n) is 10.7. The van der Waals surface area contributed by atoms with Crippen molar-refractivity contribution in [2.24, 2.45) is 5.92 Å². The van der Waals surface area contributed by atoms with Crippen LogP contribution in [0.15, 0.2) is 24.3 Å². The summed E-state index contributed by atoms with van der Waals surface area (Å²) < 4.78 is 18.4. The Hall–Kier alpha value is -1.91. The van der Waals surface area contributed by atoms with E-state index in [2.05, 4.69) is 12.2 Å². The molecule has 1 atom stereocenters. The topological polar surface area (TPSA) is 55.4 Å². The molecular weight excluding hydrogens is 357 g/mol. The van der Waals surface area contributed by atoms with Crippen LogP contribution in [0.1, 0.15) is 88.9 Å². The summed E-state index contributed by atoms with van der Waals surface area (Å²) in [5, 5.41) is 2.70. The Morgan fingerprint density at radius 3 is 2.00 bits per heavy atom. The minimum absolute atomic E-state index is 0.0972. The van der Waals surface area contributed by atoms with Crippen molar-refractivity contribution in [3.05, 3.63) is 35.6 Å². The van der Waals surface area contributed by atoms with Gasteiger partial charge in [0.05, 0.1) is 6.61 Å². The van der Waals surface area contributed by atoms with Crippen molar-refractivity contribution in [1.29, 1.82) is 0 Å². The number of nitrogens with one attached hydrogen (secondary N) is 1. The van der Waals surface area contributed by atoms with E-state index < -0.39 is 23.7 Å². The third kappa shape index (κ3) is 9.86. The molecule has 1 unspecified atom stereocenters. The molecule has 0 aromatic heterocycles. The van der Waals surface area contributed by atoms with Gasteiger partial charge in [0.25, 0.3) is 5.91 Å². The van der Waals surface area contributed by atoms with Crippen molar-refractivity contribution < 1.29 is 18.7 Å². The normalized spacial score (nSPS) is 12.0. The van der Waals surface area contributed by atoms with Crippen LogP contribution < -0.4 is 5.32 Å². The number of hydrogen-bond acceptors (Lipinski definition) is 3. The van der Waals surface area contributed by atoms with Crippen LogP contribution in [-0.2, 0) is 9.53 Å². The number of amides is 1. The number of unbranched alkanes of at least 4 members (excludes halogenated alkanes) is 8. The van der Waals surface area contributed by atoms with Gasteiger partial charge in [-0.3, -0.25) is 4.79 Å². The zero-order chi connectivity index (χ0) is 20.8. The minimum atomic E-state index is -0.712. The van der Waals surface area contributed by atoms with E-state index in [-0.39, 0.29) is 5.92 Å². The van der Waals surface area contributed by atoms with E-state index in [1.54, 1.807) is 0 Å². The Labute approximate surface area is 169 Å². The van der Waals surface area contributed by atoms with E-state index in [0.29, 0.717) is 12.2 Å². The molecule has 0 aliphatic rings. The van der Waals surface area contributed by atoms with E-state index in [4.69, 9.17) is 4.74 Å². The lowest BCUT2D eigenvalue weighted by molar-refractivity contribution is -0.147. The van der Waals surface area contributed by atoms with Gasteiger partial charge in [-0.25, -0.2) is 9.18 Å². The Morgan fingerprint density at radius 2 is 1.46 bits per heavy atom. The highest BCUT2D eigenvalue weighted by atomic mass is 19.1. The number of halogens is 1. The van der Waals surface area contributed by atoms with Crippen molar-refractivity contribution in [1.82, 2.24) is 5.32 Å².